The predicted octanol–water partition coefficient (Wildman–Crippen LogP) is 0.789. The molecule has 23 heavy (non-hydrogen) atoms. The fourth-order valence-electron chi connectivity index (χ4n) is 2.82. The molecule has 0 saturated carbocycles. The number of nitrogens with two attached hydrogens (primary N) is 1. The van der Waals surface area contributed by atoms with Crippen LogP contribution in [0, 0.1) is 22.0 Å². The van der Waals surface area contributed by atoms with E-state index in [1.54, 1.807) is 4.90 Å². The molecular formula is C13H17N3O6S. The quantitative estimate of drug-likeness (QED) is 0.607. The summed E-state index contributed by atoms with van der Waals surface area (Å²) >= 11 is 0. The highest BCUT2D eigenvalue weighted by Gasteiger charge is 2.32. The molecule has 1 saturated heterocycles. The number of hydrogen-bond donors (Lipinski definition) is 2. The molecule has 1 fully saturated rings. The van der Waals surface area contributed by atoms with E-state index in [9.17, 15) is 28.4 Å². The van der Waals surface area contributed by atoms with Gasteiger partial charge in [-0.15, -0.1) is 0 Å². The smallest absolute Gasteiger partial charge is 0.308 e. The molecule has 2 atom stereocenters. The van der Waals surface area contributed by atoms with Gasteiger partial charge in [-0.25, -0.2) is 13.6 Å². The van der Waals surface area contributed by atoms with Crippen molar-refractivity contribution in [2.45, 2.75) is 18.2 Å². The summed E-state index contributed by atoms with van der Waals surface area (Å²) in [6.45, 7) is 2.46. The summed E-state index contributed by atoms with van der Waals surface area (Å²) in [5.74, 6) is -1.54. The van der Waals surface area contributed by atoms with Crippen LogP contribution in [-0.4, -0.2) is 37.5 Å². The van der Waals surface area contributed by atoms with E-state index in [0.29, 0.717) is 13.0 Å². The average Bonchev–Trinajstić information content (AvgIpc) is 2.44. The number of nitro benzene ring substituents is 1. The third-order valence-electron chi connectivity index (χ3n) is 3.82. The van der Waals surface area contributed by atoms with Crippen molar-refractivity contribution in [3.8, 4) is 0 Å². The molecule has 1 heterocycles. The first-order chi connectivity index (χ1) is 10.6. The Labute approximate surface area is 132 Å². The lowest BCUT2D eigenvalue weighted by Gasteiger charge is -2.35. The van der Waals surface area contributed by atoms with Crippen LogP contribution in [0.15, 0.2) is 23.1 Å². The van der Waals surface area contributed by atoms with Crippen molar-refractivity contribution in [1.82, 2.24) is 0 Å². The van der Waals surface area contributed by atoms with Gasteiger partial charge < -0.3 is 10.0 Å². The minimum Gasteiger partial charge on any atom is -0.481 e. The Kier molecular flexibility index (Phi) is 4.57. The number of rotatable bonds is 4. The van der Waals surface area contributed by atoms with Gasteiger partial charge in [0.05, 0.1) is 15.7 Å². The largest absolute Gasteiger partial charge is 0.481 e. The van der Waals surface area contributed by atoms with E-state index in [4.69, 9.17) is 5.14 Å². The first-order valence-corrected chi connectivity index (χ1v) is 8.43. The van der Waals surface area contributed by atoms with Gasteiger partial charge in [0, 0.05) is 19.2 Å². The summed E-state index contributed by atoms with van der Waals surface area (Å²) in [5.41, 5.74) is -0.213. The second kappa shape index (κ2) is 6.13. The maximum atomic E-state index is 11.4. The van der Waals surface area contributed by atoms with E-state index in [2.05, 4.69) is 0 Å². The molecule has 0 bridgehead atoms. The molecule has 1 aliphatic rings. The minimum atomic E-state index is -4.06. The van der Waals surface area contributed by atoms with Gasteiger partial charge in [0.15, 0.2) is 0 Å². The second-order valence-electron chi connectivity index (χ2n) is 5.73. The summed E-state index contributed by atoms with van der Waals surface area (Å²) in [4.78, 5) is 23.1. The molecule has 0 aliphatic carbocycles. The summed E-state index contributed by atoms with van der Waals surface area (Å²) in [5, 5.41) is 25.5. The van der Waals surface area contributed by atoms with Gasteiger partial charge in [-0.3, -0.25) is 14.9 Å². The van der Waals surface area contributed by atoms with Crippen LogP contribution in [0.1, 0.15) is 13.3 Å². The van der Waals surface area contributed by atoms with Crippen LogP contribution in [0.25, 0.3) is 0 Å². The number of primary sulfonamides is 1. The van der Waals surface area contributed by atoms with E-state index in [1.165, 1.54) is 12.1 Å². The minimum absolute atomic E-state index is 0.0439. The van der Waals surface area contributed by atoms with Crippen LogP contribution in [0.2, 0.25) is 0 Å². The molecule has 2 rings (SSSR count). The monoisotopic (exact) mass is 343 g/mol. The Morgan fingerprint density at radius 1 is 1.43 bits per heavy atom. The number of nitro groups is 1. The van der Waals surface area contributed by atoms with Gasteiger partial charge in [-0.2, -0.15) is 0 Å². The zero-order valence-electron chi connectivity index (χ0n) is 12.4. The first kappa shape index (κ1) is 17.2. The van der Waals surface area contributed by atoms with Crippen LogP contribution in [0.4, 0.5) is 11.4 Å². The highest BCUT2D eigenvalue weighted by atomic mass is 32.2. The number of sulfonamides is 1. The van der Waals surface area contributed by atoms with E-state index < -0.39 is 32.5 Å². The van der Waals surface area contributed by atoms with Crippen molar-refractivity contribution in [1.29, 1.82) is 0 Å². The van der Waals surface area contributed by atoms with Crippen LogP contribution in [0.5, 0.6) is 0 Å². The second-order valence-corrected chi connectivity index (χ2v) is 7.30. The van der Waals surface area contributed by atoms with Crippen molar-refractivity contribution in [2.75, 3.05) is 18.0 Å². The zero-order chi connectivity index (χ0) is 17.4. The molecule has 1 aromatic carbocycles. The molecule has 1 aromatic rings. The van der Waals surface area contributed by atoms with E-state index in [0.717, 1.165) is 6.07 Å². The Balaban J connectivity index is 2.46. The molecule has 0 amide bonds. The van der Waals surface area contributed by atoms with Gasteiger partial charge in [0.25, 0.3) is 5.69 Å². The number of piperidine rings is 1. The van der Waals surface area contributed by atoms with E-state index >= 15 is 0 Å². The van der Waals surface area contributed by atoms with Crippen LogP contribution >= 0.6 is 0 Å². The highest BCUT2D eigenvalue weighted by molar-refractivity contribution is 7.89. The number of aliphatic carboxylic acids is 1. The van der Waals surface area contributed by atoms with Crippen molar-refractivity contribution < 1.29 is 23.2 Å². The average molecular weight is 343 g/mol. The first-order valence-electron chi connectivity index (χ1n) is 6.88. The maximum Gasteiger partial charge on any atom is 0.308 e. The number of anilines is 1. The van der Waals surface area contributed by atoms with Crippen molar-refractivity contribution >= 4 is 27.4 Å². The fraction of sp³-hybridized carbons (Fsp3) is 0.462. The third-order valence-corrected chi connectivity index (χ3v) is 4.73. The molecule has 10 heteroatoms. The number of hydrogen-bond acceptors (Lipinski definition) is 6. The number of benzene rings is 1. The summed E-state index contributed by atoms with van der Waals surface area (Å²) in [7, 11) is -4.06. The van der Waals surface area contributed by atoms with Gasteiger partial charge >= 0.3 is 5.97 Å². The molecule has 2 unspecified atom stereocenters. The molecule has 0 spiro atoms. The normalized spacial score (nSPS) is 21.9. The number of carboxylic acid groups (broad SMARTS) is 1. The number of carbonyl (C=O) groups is 1. The van der Waals surface area contributed by atoms with Crippen LogP contribution < -0.4 is 10.0 Å². The third kappa shape index (κ3) is 3.77. The van der Waals surface area contributed by atoms with Crippen LogP contribution in [-0.2, 0) is 14.8 Å². The molecular weight excluding hydrogens is 326 g/mol. The topological polar surface area (TPSA) is 144 Å². The highest BCUT2D eigenvalue weighted by Crippen LogP contribution is 2.34. The van der Waals surface area contributed by atoms with E-state index in [1.807, 2.05) is 6.92 Å². The van der Waals surface area contributed by atoms with Gasteiger partial charge in [0.2, 0.25) is 10.0 Å². The SMILES string of the molecule is CC1CC(C(=O)O)CN(c2ccc(S(N)(=O)=O)cc2[N+](=O)[O-])C1. The Bertz CT molecular complexity index is 748. The Morgan fingerprint density at radius 3 is 2.61 bits per heavy atom. The number of nitrogens with zero attached hydrogens (tertiary/aromatic N) is 2. The predicted molar refractivity (Wildman–Crippen MR) is 81.6 cm³/mol. The van der Waals surface area contributed by atoms with Crippen molar-refractivity contribution in [3.63, 3.8) is 0 Å². The Morgan fingerprint density at radius 2 is 2.09 bits per heavy atom. The molecule has 126 valence electrons. The molecule has 1 aliphatic heterocycles. The molecule has 9 nitrogen and oxygen atoms in total. The fourth-order valence-corrected chi connectivity index (χ4v) is 3.35. The van der Waals surface area contributed by atoms with Gasteiger partial charge in [-0.1, -0.05) is 6.92 Å². The summed E-state index contributed by atoms with van der Waals surface area (Å²) in [6.07, 6.45) is 0.495. The van der Waals surface area contributed by atoms with Gasteiger partial charge in [-0.05, 0) is 24.5 Å². The van der Waals surface area contributed by atoms with Crippen molar-refractivity contribution in [2.24, 2.45) is 17.0 Å². The number of carboxylic acids is 1. The Hall–Kier alpha value is -2.20. The summed E-state index contributed by atoms with van der Waals surface area (Å²) < 4.78 is 22.7. The lowest BCUT2D eigenvalue weighted by molar-refractivity contribution is -0.384. The lowest BCUT2D eigenvalue weighted by atomic mass is 9.90. The standard InChI is InChI=1S/C13H17N3O6S/c1-8-4-9(13(17)18)7-15(6-8)11-3-2-10(23(14,21)22)5-12(11)16(19)20/h2-3,5,8-9H,4,6-7H2,1H3,(H,17,18)(H2,14,21,22). The van der Waals surface area contributed by atoms with E-state index in [-0.39, 0.29) is 23.0 Å². The zero-order valence-corrected chi connectivity index (χ0v) is 13.2. The molecule has 0 aromatic heterocycles. The van der Waals surface area contributed by atoms with Crippen molar-refractivity contribution in [3.05, 3.63) is 28.3 Å². The summed E-state index contributed by atoms with van der Waals surface area (Å²) in [6, 6.07) is 3.39. The molecule has 0 radical (unpaired) electrons. The van der Waals surface area contributed by atoms with Crippen LogP contribution in [0.3, 0.4) is 0 Å². The lowest BCUT2D eigenvalue weighted by Crippen LogP contribution is -2.42. The molecule has 3 N–H and O–H groups in total. The van der Waals surface area contributed by atoms with Gasteiger partial charge in [0.1, 0.15) is 5.69 Å². The maximum absolute atomic E-state index is 11.4.